The van der Waals surface area contributed by atoms with E-state index in [0.29, 0.717) is 29.1 Å². The highest BCUT2D eigenvalue weighted by atomic mass is 32.2. The van der Waals surface area contributed by atoms with E-state index in [-0.39, 0.29) is 10.8 Å². The van der Waals surface area contributed by atoms with Crippen LogP contribution in [0.25, 0.3) is 0 Å². The second-order valence-corrected chi connectivity index (χ2v) is 12.0. The van der Waals surface area contributed by atoms with Gasteiger partial charge in [0.2, 0.25) is 11.9 Å². The van der Waals surface area contributed by atoms with Gasteiger partial charge in [0.1, 0.15) is 12.1 Å². The first-order valence-electron chi connectivity index (χ1n) is 12.3. The topological polar surface area (TPSA) is 113 Å². The summed E-state index contributed by atoms with van der Waals surface area (Å²) < 4.78 is 31.2. The van der Waals surface area contributed by atoms with Gasteiger partial charge < -0.3 is 25.2 Å². The lowest BCUT2D eigenvalue weighted by Crippen LogP contribution is -2.41. The van der Waals surface area contributed by atoms with Crippen molar-refractivity contribution in [2.24, 2.45) is 0 Å². The van der Waals surface area contributed by atoms with Crippen LogP contribution in [0.1, 0.15) is 26.7 Å². The monoisotopic (exact) mass is 525 g/mol. The maximum absolute atomic E-state index is 12.8. The predicted octanol–water partition coefficient (Wildman–Crippen LogP) is 4.08. The molecule has 37 heavy (non-hydrogen) atoms. The lowest BCUT2D eigenvalue weighted by Gasteiger charge is -2.36. The average Bonchev–Trinajstić information content (AvgIpc) is 2.89. The molecule has 4 rings (SSSR count). The molecule has 11 heteroatoms. The minimum atomic E-state index is -3.49. The van der Waals surface area contributed by atoms with Gasteiger partial charge in [-0.1, -0.05) is 12.1 Å². The highest BCUT2D eigenvalue weighted by Gasteiger charge is 2.23. The Balaban J connectivity index is 1.52. The third-order valence-corrected chi connectivity index (χ3v) is 8.92. The Kier molecular flexibility index (Phi) is 8.13. The van der Waals surface area contributed by atoms with Crippen LogP contribution >= 0.6 is 0 Å². The maximum atomic E-state index is 12.8. The molecule has 3 aromatic rings. The molecule has 0 aliphatic carbocycles. The Morgan fingerprint density at radius 3 is 2.32 bits per heavy atom. The Hall–Kier alpha value is -3.44. The lowest BCUT2D eigenvalue weighted by molar-refractivity contribution is 0.253. The minimum Gasteiger partial charge on any atom is -0.494 e. The molecule has 0 spiro atoms. The second-order valence-electron chi connectivity index (χ2n) is 9.50. The average molecular weight is 526 g/mol. The number of hydrogen-bond donors (Lipinski definition) is 2. The number of likely N-dealkylation sites (tertiary alicyclic amines) is 1. The van der Waals surface area contributed by atoms with Gasteiger partial charge in [-0.15, -0.1) is 0 Å². The number of para-hydroxylation sites is 1. The molecule has 1 aliphatic rings. The quantitative estimate of drug-likeness (QED) is 0.424. The Bertz CT molecular complexity index is 1330. The zero-order valence-electron chi connectivity index (χ0n) is 22.0. The van der Waals surface area contributed by atoms with E-state index in [1.165, 1.54) is 6.33 Å². The number of aromatic nitrogens is 3. The molecule has 198 valence electrons. The number of ether oxygens (including phenoxy) is 1. The molecule has 2 heterocycles. The van der Waals surface area contributed by atoms with Gasteiger partial charge in [-0.2, -0.15) is 4.98 Å². The highest BCUT2D eigenvalue weighted by molar-refractivity contribution is 7.92. The molecule has 0 radical (unpaired) electrons. The molecule has 0 bridgehead atoms. The standard InChI is InChI=1S/C26H35N7O3S/c1-18(2)37(34,35)24-9-7-6-8-22(24)30-26-28-17-27-25(31-26)29-21-11-10-20(16-23(21)36-5)33(4)19-12-14-32(3)15-13-19/h6-11,16-19H,12-15H2,1-5H3,(H2,27,28,29,30,31). The van der Waals surface area contributed by atoms with E-state index in [2.05, 4.69) is 55.5 Å². The molecule has 1 aliphatic heterocycles. The summed E-state index contributed by atoms with van der Waals surface area (Å²) in [5, 5.41) is 5.67. The van der Waals surface area contributed by atoms with E-state index in [9.17, 15) is 8.42 Å². The molecule has 1 fully saturated rings. The number of hydrogen-bond acceptors (Lipinski definition) is 10. The molecule has 0 atom stereocenters. The molecular weight excluding hydrogens is 490 g/mol. The molecule has 10 nitrogen and oxygen atoms in total. The number of nitrogens with one attached hydrogen (secondary N) is 2. The fourth-order valence-corrected chi connectivity index (χ4v) is 5.53. The van der Waals surface area contributed by atoms with Crippen LogP contribution in [0.5, 0.6) is 5.75 Å². The third kappa shape index (κ3) is 6.11. The molecule has 0 saturated carbocycles. The van der Waals surface area contributed by atoms with E-state index in [1.807, 2.05) is 12.1 Å². The van der Waals surface area contributed by atoms with Gasteiger partial charge in [-0.3, -0.25) is 0 Å². The van der Waals surface area contributed by atoms with E-state index >= 15 is 0 Å². The summed E-state index contributed by atoms with van der Waals surface area (Å²) in [7, 11) is 2.43. The SMILES string of the molecule is COc1cc(N(C)C2CCN(C)CC2)ccc1Nc1ncnc(Nc2ccccc2S(=O)(=O)C(C)C)n1. The number of rotatable bonds is 9. The number of anilines is 5. The van der Waals surface area contributed by atoms with Crippen molar-refractivity contribution in [1.29, 1.82) is 0 Å². The number of benzene rings is 2. The summed E-state index contributed by atoms with van der Waals surface area (Å²) in [5.74, 6) is 1.19. The molecule has 2 N–H and O–H groups in total. The van der Waals surface area contributed by atoms with Gasteiger partial charge in [0.05, 0.1) is 28.6 Å². The van der Waals surface area contributed by atoms with Gasteiger partial charge in [0.15, 0.2) is 9.84 Å². The summed E-state index contributed by atoms with van der Waals surface area (Å²) in [4.78, 5) is 17.7. The predicted molar refractivity (Wildman–Crippen MR) is 147 cm³/mol. The van der Waals surface area contributed by atoms with Crippen molar-refractivity contribution in [3.05, 3.63) is 48.8 Å². The zero-order chi connectivity index (χ0) is 26.6. The number of methoxy groups -OCH3 is 1. The minimum absolute atomic E-state index is 0.200. The van der Waals surface area contributed by atoms with Crippen molar-refractivity contribution in [2.45, 2.75) is 42.9 Å². The molecule has 1 aromatic heterocycles. The first kappa shape index (κ1) is 26.6. The van der Waals surface area contributed by atoms with Crippen LogP contribution in [0.3, 0.4) is 0 Å². The Morgan fingerprint density at radius 2 is 1.68 bits per heavy atom. The van der Waals surface area contributed by atoms with Crippen molar-refractivity contribution in [1.82, 2.24) is 19.9 Å². The maximum Gasteiger partial charge on any atom is 0.232 e. The van der Waals surface area contributed by atoms with Crippen LogP contribution < -0.4 is 20.3 Å². The molecule has 2 aromatic carbocycles. The summed E-state index contributed by atoms with van der Waals surface area (Å²) in [6.07, 6.45) is 3.61. The van der Waals surface area contributed by atoms with Gasteiger partial charge in [0.25, 0.3) is 0 Å². The van der Waals surface area contributed by atoms with Gasteiger partial charge >= 0.3 is 0 Å². The van der Waals surface area contributed by atoms with E-state index in [1.54, 1.807) is 45.2 Å². The van der Waals surface area contributed by atoms with E-state index in [4.69, 9.17) is 4.74 Å². The van der Waals surface area contributed by atoms with Crippen molar-refractivity contribution >= 4 is 38.8 Å². The van der Waals surface area contributed by atoms with Crippen LogP contribution in [0.4, 0.5) is 29.0 Å². The summed E-state index contributed by atoms with van der Waals surface area (Å²) in [6, 6.07) is 13.2. The summed E-state index contributed by atoms with van der Waals surface area (Å²) >= 11 is 0. The number of sulfone groups is 1. The van der Waals surface area contributed by atoms with Gasteiger partial charge in [-0.05, 0) is 71.1 Å². The number of nitrogens with zero attached hydrogens (tertiary/aromatic N) is 5. The summed E-state index contributed by atoms with van der Waals surface area (Å²) in [5.41, 5.74) is 2.20. The lowest BCUT2D eigenvalue weighted by atomic mass is 10.0. The molecular formula is C26H35N7O3S. The largest absolute Gasteiger partial charge is 0.494 e. The third-order valence-electron chi connectivity index (χ3n) is 6.71. The van der Waals surface area contributed by atoms with Crippen molar-refractivity contribution < 1.29 is 13.2 Å². The fraction of sp³-hybridized carbons (Fsp3) is 0.423. The smallest absolute Gasteiger partial charge is 0.232 e. The van der Waals surface area contributed by atoms with Gasteiger partial charge in [-0.25, -0.2) is 18.4 Å². The van der Waals surface area contributed by atoms with Crippen molar-refractivity contribution in [3.8, 4) is 5.75 Å². The van der Waals surface area contributed by atoms with Gasteiger partial charge in [0, 0.05) is 24.8 Å². The van der Waals surface area contributed by atoms with E-state index < -0.39 is 15.1 Å². The van der Waals surface area contributed by atoms with Crippen LogP contribution in [-0.4, -0.2) is 73.9 Å². The van der Waals surface area contributed by atoms with Crippen molar-refractivity contribution in [3.63, 3.8) is 0 Å². The van der Waals surface area contributed by atoms with Crippen molar-refractivity contribution in [2.75, 3.05) is 49.8 Å². The van der Waals surface area contributed by atoms with Crippen LogP contribution in [0.2, 0.25) is 0 Å². The second kappa shape index (κ2) is 11.3. The van der Waals surface area contributed by atoms with Crippen LogP contribution in [-0.2, 0) is 9.84 Å². The van der Waals surface area contributed by atoms with Crippen LogP contribution in [0.15, 0.2) is 53.7 Å². The molecule has 1 saturated heterocycles. The fourth-order valence-electron chi connectivity index (χ4n) is 4.33. The molecule has 0 unspecified atom stereocenters. The molecule has 0 amide bonds. The van der Waals surface area contributed by atoms with Crippen LogP contribution in [0, 0.1) is 0 Å². The summed E-state index contributed by atoms with van der Waals surface area (Å²) in [6.45, 7) is 5.49. The van der Waals surface area contributed by atoms with E-state index in [0.717, 1.165) is 31.6 Å². The normalized spacial score (nSPS) is 15.0. The zero-order valence-corrected chi connectivity index (χ0v) is 22.8. The highest BCUT2D eigenvalue weighted by Crippen LogP contribution is 2.33. The first-order chi connectivity index (χ1) is 17.7. The Morgan fingerprint density at radius 1 is 1.03 bits per heavy atom. The number of piperidine rings is 1. The Labute approximate surface area is 219 Å². The first-order valence-corrected chi connectivity index (χ1v) is 13.9.